The van der Waals surface area contributed by atoms with Crippen molar-refractivity contribution in [2.45, 2.75) is 46.8 Å². The van der Waals surface area contributed by atoms with Crippen LogP contribution in [0.15, 0.2) is 65.9 Å². The van der Waals surface area contributed by atoms with Crippen LogP contribution in [0, 0.1) is 6.92 Å². The van der Waals surface area contributed by atoms with E-state index in [1.807, 2.05) is 19.3 Å². The van der Waals surface area contributed by atoms with E-state index in [0.717, 1.165) is 37.8 Å². The smallest absolute Gasteiger partial charge is 0.191 e. The Bertz CT molecular complexity index is 942. The van der Waals surface area contributed by atoms with Crippen LogP contribution in [0.5, 0.6) is 0 Å². The van der Waals surface area contributed by atoms with Crippen LogP contribution in [0.25, 0.3) is 0 Å². The molecule has 5 heteroatoms. The summed E-state index contributed by atoms with van der Waals surface area (Å²) in [6.45, 7) is 9.38. The molecule has 0 saturated carbocycles. The average Bonchev–Trinajstić information content (AvgIpc) is 3.15. The Morgan fingerprint density at radius 2 is 1.79 bits per heavy atom. The monoisotopic (exact) mass is 389 g/mol. The third-order valence-corrected chi connectivity index (χ3v) is 4.98. The lowest BCUT2D eigenvalue weighted by atomic mass is 10.1. The highest BCUT2D eigenvalue weighted by Crippen LogP contribution is 2.11. The number of rotatable bonds is 8. The number of nitrogens with zero attached hydrogens (tertiary/aromatic N) is 3. The number of benzene rings is 2. The fourth-order valence-corrected chi connectivity index (χ4v) is 3.36. The van der Waals surface area contributed by atoms with Gasteiger partial charge in [-0.25, -0.2) is 9.98 Å². The molecule has 0 fully saturated rings. The van der Waals surface area contributed by atoms with E-state index in [1.54, 1.807) is 0 Å². The SMILES string of the molecule is CCNC(=NCc1cccc(Cn2ccnc2C)c1)NCc1ccccc1CC. The number of aryl methyl sites for hydroxylation is 2. The van der Waals surface area contributed by atoms with Gasteiger partial charge < -0.3 is 15.2 Å². The van der Waals surface area contributed by atoms with Crippen LogP contribution in [0.2, 0.25) is 0 Å². The predicted octanol–water partition coefficient (Wildman–Crippen LogP) is 4.06. The number of guanidine groups is 1. The van der Waals surface area contributed by atoms with E-state index >= 15 is 0 Å². The van der Waals surface area contributed by atoms with Crippen LogP contribution in [-0.4, -0.2) is 22.1 Å². The standard InChI is InChI=1S/C24H31N5/c1-4-22-11-6-7-12-23(22)17-28-24(25-5-2)27-16-20-9-8-10-21(15-20)18-29-14-13-26-19(29)3/h6-15H,4-5,16-18H2,1-3H3,(H2,25,27,28). The maximum Gasteiger partial charge on any atom is 0.191 e. The Labute approximate surface area is 173 Å². The predicted molar refractivity (Wildman–Crippen MR) is 120 cm³/mol. The summed E-state index contributed by atoms with van der Waals surface area (Å²) in [5.74, 6) is 1.87. The molecule has 2 N–H and O–H groups in total. The van der Waals surface area contributed by atoms with Crippen molar-refractivity contribution in [3.05, 3.63) is 89.0 Å². The summed E-state index contributed by atoms with van der Waals surface area (Å²) in [4.78, 5) is 9.08. The highest BCUT2D eigenvalue weighted by Gasteiger charge is 2.03. The first-order chi connectivity index (χ1) is 14.2. The van der Waals surface area contributed by atoms with E-state index in [2.05, 4.69) is 82.6 Å². The maximum absolute atomic E-state index is 4.79. The maximum atomic E-state index is 4.79. The summed E-state index contributed by atoms with van der Waals surface area (Å²) in [5.41, 5.74) is 5.15. The van der Waals surface area contributed by atoms with E-state index in [9.17, 15) is 0 Å². The normalized spacial score (nSPS) is 11.5. The second kappa shape index (κ2) is 10.5. The molecule has 0 radical (unpaired) electrons. The van der Waals surface area contributed by atoms with Crippen molar-refractivity contribution >= 4 is 5.96 Å². The van der Waals surface area contributed by atoms with Gasteiger partial charge >= 0.3 is 0 Å². The van der Waals surface area contributed by atoms with Crippen LogP contribution in [0.3, 0.4) is 0 Å². The molecular weight excluding hydrogens is 358 g/mol. The number of nitrogens with one attached hydrogen (secondary N) is 2. The molecule has 0 aliphatic heterocycles. The Kier molecular flexibility index (Phi) is 7.45. The molecule has 0 amide bonds. The fourth-order valence-electron chi connectivity index (χ4n) is 3.36. The second-order valence-corrected chi connectivity index (χ2v) is 7.09. The fraction of sp³-hybridized carbons (Fsp3) is 0.333. The van der Waals surface area contributed by atoms with Crippen LogP contribution < -0.4 is 10.6 Å². The van der Waals surface area contributed by atoms with Gasteiger partial charge in [-0.3, -0.25) is 0 Å². The summed E-state index contributed by atoms with van der Waals surface area (Å²) >= 11 is 0. The highest BCUT2D eigenvalue weighted by atomic mass is 15.2. The molecule has 0 aliphatic rings. The van der Waals surface area contributed by atoms with Gasteiger partial charge in [0.05, 0.1) is 6.54 Å². The van der Waals surface area contributed by atoms with Crippen molar-refractivity contribution in [3.8, 4) is 0 Å². The molecule has 0 saturated heterocycles. The van der Waals surface area contributed by atoms with E-state index in [-0.39, 0.29) is 0 Å². The quantitative estimate of drug-likeness (QED) is 0.451. The second-order valence-electron chi connectivity index (χ2n) is 7.09. The molecule has 0 atom stereocenters. The summed E-state index contributed by atoms with van der Waals surface area (Å²) in [6.07, 6.45) is 4.89. The van der Waals surface area contributed by atoms with E-state index in [4.69, 9.17) is 4.99 Å². The van der Waals surface area contributed by atoms with E-state index in [0.29, 0.717) is 6.54 Å². The molecule has 152 valence electrons. The molecular formula is C24H31N5. The van der Waals surface area contributed by atoms with Gasteiger partial charge in [-0.05, 0) is 42.5 Å². The Morgan fingerprint density at radius 1 is 1.00 bits per heavy atom. The average molecular weight is 390 g/mol. The lowest BCUT2D eigenvalue weighted by Gasteiger charge is -2.13. The molecule has 5 nitrogen and oxygen atoms in total. The van der Waals surface area contributed by atoms with Crippen LogP contribution >= 0.6 is 0 Å². The van der Waals surface area contributed by atoms with E-state index < -0.39 is 0 Å². The minimum absolute atomic E-state index is 0.640. The third kappa shape index (κ3) is 5.95. The molecule has 1 heterocycles. The molecule has 0 aliphatic carbocycles. The van der Waals surface area contributed by atoms with Crippen LogP contribution in [0.1, 0.15) is 41.9 Å². The molecule has 0 bridgehead atoms. The first-order valence-corrected chi connectivity index (χ1v) is 10.3. The van der Waals surface area contributed by atoms with Gasteiger partial charge in [-0.1, -0.05) is 55.5 Å². The topological polar surface area (TPSA) is 54.2 Å². The molecule has 3 aromatic rings. The van der Waals surface area contributed by atoms with Gasteiger partial charge in [-0.15, -0.1) is 0 Å². The molecule has 1 aromatic heterocycles. The summed E-state index contributed by atoms with van der Waals surface area (Å²) in [5, 5.41) is 6.81. The highest BCUT2D eigenvalue weighted by molar-refractivity contribution is 5.79. The van der Waals surface area contributed by atoms with Crippen molar-refractivity contribution in [2.24, 2.45) is 4.99 Å². The largest absolute Gasteiger partial charge is 0.357 e. The summed E-state index contributed by atoms with van der Waals surface area (Å²) in [7, 11) is 0. The summed E-state index contributed by atoms with van der Waals surface area (Å²) in [6, 6.07) is 17.2. The molecule has 0 spiro atoms. The van der Waals surface area contributed by atoms with Crippen LogP contribution in [-0.2, 0) is 26.1 Å². The number of hydrogen-bond donors (Lipinski definition) is 2. The zero-order chi connectivity index (χ0) is 20.5. The first kappa shape index (κ1) is 20.6. The van der Waals surface area contributed by atoms with Crippen LogP contribution in [0.4, 0.5) is 0 Å². The van der Waals surface area contributed by atoms with Gasteiger partial charge in [0.15, 0.2) is 5.96 Å². The minimum atomic E-state index is 0.640. The van der Waals surface area contributed by atoms with Gasteiger partial charge in [-0.2, -0.15) is 0 Å². The zero-order valence-corrected chi connectivity index (χ0v) is 17.7. The third-order valence-electron chi connectivity index (χ3n) is 4.98. The molecule has 29 heavy (non-hydrogen) atoms. The van der Waals surface area contributed by atoms with Crippen molar-refractivity contribution in [3.63, 3.8) is 0 Å². The van der Waals surface area contributed by atoms with Crippen molar-refractivity contribution < 1.29 is 0 Å². The van der Waals surface area contributed by atoms with Crippen molar-refractivity contribution in [1.82, 2.24) is 20.2 Å². The Hall–Kier alpha value is -3.08. The van der Waals surface area contributed by atoms with Gasteiger partial charge in [0.2, 0.25) is 0 Å². The number of aromatic nitrogens is 2. The Morgan fingerprint density at radius 3 is 2.52 bits per heavy atom. The molecule has 3 rings (SSSR count). The number of imidazole rings is 1. The van der Waals surface area contributed by atoms with Gasteiger partial charge in [0, 0.05) is 32.0 Å². The van der Waals surface area contributed by atoms with Gasteiger partial charge in [0.25, 0.3) is 0 Å². The van der Waals surface area contributed by atoms with Gasteiger partial charge in [0.1, 0.15) is 5.82 Å². The van der Waals surface area contributed by atoms with Crippen molar-refractivity contribution in [2.75, 3.05) is 6.54 Å². The Balaban J connectivity index is 1.65. The number of hydrogen-bond acceptors (Lipinski definition) is 2. The van der Waals surface area contributed by atoms with Crippen molar-refractivity contribution in [1.29, 1.82) is 0 Å². The minimum Gasteiger partial charge on any atom is -0.357 e. The first-order valence-electron chi connectivity index (χ1n) is 10.3. The molecule has 0 unspecified atom stereocenters. The molecule has 2 aromatic carbocycles. The lowest BCUT2D eigenvalue weighted by Crippen LogP contribution is -2.37. The number of aliphatic imine (C=N–C) groups is 1. The lowest BCUT2D eigenvalue weighted by molar-refractivity contribution is 0.760. The van der Waals surface area contributed by atoms with E-state index in [1.165, 1.54) is 22.3 Å². The zero-order valence-electron chi connectivity index (χ0n) is 17.7. The summed E-state index contributed by atoms with van der Waals surface area (Å²) < 4.78 is 2.15.